The fraction of sp³-hybridized carbons (Fsp3) is 0.619. The molecule has 148 valence electrons. The monoisotopic (exact) mass is 373 g/mol. The zero-order valence-corrected chi connectivity index (χ0v) is 16.4. The highest BCUT2D eigenvalue weighted by Gasteiger charge is 2.44. The van der Waals surface area contributed by atoms with Crippen LogP contribution >= 0.6 is 0 Å². The molecular weight excluding hydrogens is 342 g/mol. The molecule has 3 rings (SSSR count). The van der Waals surface area contributed by atoms with Crippen LogP contribution in [0.4, 0.5) is 5.69 Å². The van der Waals surface area contributed by atoms with E-state index >= 15 is 0 Å². The lowest BCUT2D eigenvalue weighted by Crippen LogP contribution is -2.62. The highest BCUT2D eigenvalue weighted by atomic mass is 16.5. The van der Waals surface area contributed by atoms with Crippen molar-refractivity contribution in [1.29, 1.82) is 0 Å². The maximum Gasteiger partial charge on any atom is 0.244 e. The second-order valence-corrected chi connectivity index (χ2v) is 7.55. The normalized spacial score (nSPS) is 21.9. The van der Waals surface area contributed by atoms with Gasteiger partial charge in [0.2, 0.25) is 11.8 Å². The van der Waals surface area contributed by atoms with Gasteiger partial charge in [-0.3, -0.25) is 14.9 Å². The Labute approximate surface area is 161 Å². The van der Waals surface area contributed by atoms with Crippen LogP contribution in [0.15, 0.2) is 24.3 Å². The first-order valence-corrected chi connectivity index (χ1v) is 10.1. The third-order valence-corrected chi connectivity index (χ3v) is 5.71. The fourth-order valence-electron chi connectivity index (χ4n) is 4.24. The minimum Gasteiger partial charge on any atom is -0.495 e. The summed E-state index contributed by atoms with van der Waals surface area (Å²) in [6, 6.07) is 7.24. The van der Waals surface area contributed by atoms with Crippen LogP contribution in [0.1, 0.15) is 51.9 Å². The second-order valence-electron chi connectivity index (χ2n) is 7.55. The van der Waals surface area contributed by atoms with E-state index in [0.29, 0.717) is 25.3 Å². The smallest absolute Gasteiger partial charge is 0.244 e. The molecule has 2 fully saturated rings. The molecule has 1 aliphatic heterocycles. The standard InChI is InChI=1S/C21H31N3O3/c1-3-14-22-20(26)21(12-7-4-8-13-21)23-16-11-15-24(19(16)25)17-9-5-6-10-18(17)27-2/h5-6,9-10,16,23H,3-4,7-8,11-15H2,1-2H3,(H,22,26). The molecule has 0 aromatic heterocycles. The van der Waals surface area contributed by atoms with Crippen LogP contribution in [0.2, 0.25) is 0 Å². The van der Waals surface area contributed by atoms with Gasteiger partial charge >= 0.3 is 0 Å². The maximum absolute atomic E-state index is 13.1. The van der Waals surface area contributed by atoms with E-state index in [9.17, 15) is 9.59 Å². The molecule has 6 nitrogen and oxygen atoms in total. The average Bonchev–Trinajstić information content (AvgIpc) is 3.06. The number of para-hydroxylation sites is 2. The number of rotatable bonds is 7. The van der Waals surface area contributed by atoms with Crippen LogP contribution in [0.3, 0.4) is 0 Å². The van der Waals surface area contributed by atoms with Gasteiger partial charge in [0, 0.05) is 13.1 Å². The maximum atomic E-state index is 13.1. The van der Waals surface area contributed by atoms with Crippen LogP contribution in [-0.4, -0.2) is 43.6 Å². The Kier molecular flexibility index (Phi) is 6.37. The lowest BCUT2D eigenvalue weighted by atomic mass is 9.80. The van der Waals surface area contributed by atoms with Crippen molar-refractivity contribution in [1.82, 2.24) is 10.6 Å². The summed E-state index contributed by atoms with van der Waals surface area (Å²) in [6.07, 6.45) is 6.37. The van der Waals surface area contributed by atoms with Crippen molar-refractivity contribution in [3.63, 3.8) is 0 Å². The zero-order chi connectivity index (χ0) is 19.3. The molecule has 0 radical (unpaired) electrons. The van der Waals surface area contributed by atoms with Gasteiger partial charge in [0.1, 0.15) is 5.75 Å². The SMILES string of the molecule is CCCNC(=O)C1(NC2CCN(c3ccccc3OC)C2=O)CCCCC1. The Morgan fingerprint density at radius 3 is 2.70 bits per heavy atom. The molecule has 1 heterocycles. The van der Waals surface area contributed by atoms with E-state index in [1.54, 1.807) is 12.0 Å². The highest BCUT2D eigenvalue weighted by Crippen LogP contribution is 2.34. The Morgan fingerprint density at radius 1 is 1.26 bits per heavy atom. The van der Waals surface area contributed by atoms with Gasteiger partial charge in [0.15, 0.2) is 0 Å². The Balaban J connectivity index is 1.75. The summed E-state index contributed by atoms with van der Waals surface area (Å²) < 4.78 is 5.42. The number of hydrogen-bond acceptors (Lipinski definition) is 4. The second kappa shape index (κ2) is 8.74. The Morgan fingerprint density at radius 2 is 2.00 bits per heavy atom. The molecule has 2 aliphatic rings. The molecule has 1 saturated carbocycles. The van der Waals surface area contributed by atoms with Gasteiger partial charge in [-0.15, -0.1) is 0 Å². The molecule has 0 spiro atoms. The van der Waals surface area contributed by atoms with E-state index in [2.05, 4.69) is 10.6 Å². The summed E-state index contributed by atoms with van der Waals surface area (Å²) in [6.45, 7) is 3.35. The number of hydrogen-bond donors (Lipinski definition) is 2. The molecule has 1 saturated heterocycles. The van der Waals surface area contributed by atoms with Crippen molar-refractivity contribution in [3.05, 3.63) is 24.3 Å². The largest absolute Gasteiger partial charge is 0.495 e. The predicted molar refractivity (Wildman–Crippen MR) is 106 cm³/mol. The number of anilines is 1. The molecular formula is C21H31N3O3. The van der Waals surface area contributed by atoms with Crippen LogP contribution < -0.4 is 20.3 Å². The first kappa shape index (κ1) is 19.7. The topological polar surface area (TPSA) is 70.7 Å². The van der Waals surface area contributed by atoms with Gasteiger partial charge < -0.3 is 15.0 Å². The fourth-order valence-corrected chi connectivity index (χ4v) is 4.24. The van der Waals surface area contributed by atoms with Gasteiger partial charge in [0.25, 0.3) is 0 Å². The van der Waals surface area contributed by atoms with Crippen LogP contribution in [0.25, 0.3) is 0 Å². The summed E-state index contributed by atoms with van der Waals surface area (Å²) in [5.74, 6) is 0.764. The Bertz CT molecular complexity index is 670. The number of methoxy groups -OCH3 is 1. The number of ether oxygens (including phenoxy) is 1. The lowest BCUT2D eigenvalue weighted by molar-refractivity contribution is -0.130. The quantitative estimate of drug-likeness (QED) is 0.771. The first-order valence-electron chi connectivity index (χ1n) is 10.1. The molecule has 2 N–H and O–H groups in total. The Hall–Kier alpha value is -2.08. The third-order valence-electron chi connectivity index (χ3n) is 5.71. The number of nitrogens with one attached hydrogen (secondary N) is 2. The van der Waals surface area contributed by atoms with Crippen molar-refractivity contribution in [3.8, 4) is 5.75 Å². The van der Waals surface area contributed by atoms with Crippen molar-refractivity contribution in [2.45, 2.75) is 63.5 Å². The van der Waals surface area contributed by atoms with Crippen molar-refractivity contribution < 1.29 is 14.3 Å². The van der Waals surface area contributed by atoms with E-state index in [0.717, 1.165) is 44.2 Å². The van der Waals surface area contributed by atoms with Gasteiger partial charge in [-0.1, -0.05) is 38.3 Å². The van der Waals surface area contributed by atoms with Crippen molar-refractivity contribution in [2.75, 3.05) is 25.1 Å². The molecule has 1 atom stereocenters. The molecule has 1 unspecified atom stereocenters. The van der Waals surface area contributed by atoms with Crippen molar-refractivity contribution >= 4 is 17.5 Å². The summed E-state index contributed by atoms with van der Waals surface area (Å²) >= 11 is 0. The van der Waals surface area contributed by atoms with E-state index in [-0.39, 0.29) is 17.9 Å². The summed E-state index contributed by atoms with van der Waals surface area (Å²) in [4.78, 5) is 27.8. The molecule has 2 amide bonds. The van der Waals surface area contributed by atoms with Gasteiger partial charge in [0.05, 0.1) is 24.4 Å². The van der Waals surface area contributed by atoms with Crippen molar-refractivity contribution in [2.24, 2.45) is 0 Å². The predicted octanol–water partition coefficient (Wildman–Crippen LogP) is 2.62. The van der Waals surface area contributed by atoms with Gasteiger partial charge in [-0.05, 0) is 37.8 Å². The van der Waals surface area contributed by atoms with E-state index in [1.165, 1.54) is 0 Å². The molecule has 1 aliphatic carbocycles. The minimum atomic E-state index is -0.621. The highest BCUT2D eigenvalue weighted by molar-refractivity contribution is 6.01. The number of carbonyl (C=O) groups is 2. The van der Waals surface area contributed by atoms with E-state index in [4.69, 9.17) is 4.74 Å². The summed E-state index contributed by atoms with van der Waals surface area (Å²) in [5, 5.41) is 6.53. The lowest BCUT2D eigenvalue weighted by Gasteiger charge is -2.38. The summed E-state index contributed by atoms with van der Waals surface area (Å²) in [5.41, 5.74) is 0.173. The zero-order valence-electron chi connectivity index (χ0n) is 16.4. The number of nitrogens with zero attached hydrogens (tertiary/aromatic N) is 1. The first-order chi connectivity index (χ1) is 13.1. The van der Waals surface area contributed by atoms with Crippen LogP contribution in [0, 0.1) is 0 Å². The average molecular weight is 373 g/mol. The number of amides is 2. The number of benzene rings is 1. The van der Waals surface area contributed by atoms with E-state index in [1.807, 2.05) is 31.2 Å². The molecule has 27 heavy (non-hydrogen) atoms. The van der Waals surface area contributed by atoms with Gasteiger partial charge in [-0.2, -0.15) is 0 Å². The summed E-state index contributed by atoms with van der Waals surface area (Å²) in [7, 11) is 1.62. The number of carbonyl (C=O) groups excluding carboxylic acids is 2. The molecule has 1 aromatic rings. The molecule has 6 heteroatoms. The minimum absolute atomic E-state index is 0.0211. The third kappa shape index (κ3) is 4.10. The molecule has 0 bridgehead atoms. The molecule has 1 aromatic carbocycles. The van der Waals surface area contributed by atoms with Gasteiger partial charge in [-0.25, -0.2) is 0 Å². The van der Waals surface area contributed by atoms with Crippen LogP contribution in [-0.2, 0) is 9.59 Å². The van der Waals surface area contributed by atoms with E-state index < -0.39 is 5.54 Å². The van der Waals surface area contributed by atoms with Crippen LogP contribution in [0.5, 0.6) is 5.75 Å².